The zero-order chi connectivity index (χ0) is 14.9. The molecule has 0 saturated carbocycles. The second-order valence-corrected chi connectivity index (χ2v) is 4.82. The SMILES string of the molecule is Cn1ncc(C(=O)O)c1C(=O)Nc1cc(Cl)cc(Cl)c1. The number of aryl methyl sites for hydroxylation is 1. The fraction of sp³-hybridized carbons (Fsp3) is 0.0833. The minimum absolute atomic E-state index is 0.0615. The van der Waals surface area contributed by atoms with Gasteiger partial charge in [-0.2, -0.15) is 5.10 Å². The van der Waals surface area contributed by atoms with Crippen LogP contribution in [0, 0.1) is 0 Å². The number of halogens is 2. The molecule has 0 radical (unpaired) electrons. The molecule has 20 heavy (non-hydrogen) atoms. The van der Waals surface area contributed by atoms with E-state index in [-0.39, 0.29) is 11.3 Å². The molecule has 2 aromatic rings. The Morgan fingerprint density at radius 3 is 2.40 bits per heavy atom. The monoisotopic (exact) mass is 313 g/mol. The zero-order valence-corrected chi connectivity index (χ0v) is 11.7. The van der Waals surface area contributed by atoms with Gasteiger partial charge >= 0.3 is 5.97 Å². The third-order valence-electron chi connectivity index (χ3n) is 2.50. The van der Waals surface area contributed by atoms with Crippen molar-refractivity contribution in [2.45, 2.75) is 0 Å². The molecule has 2 rings (SSSR count). The zero-order valence-electron chi connectivity index (χ0n) is 10.2. The van der Waals surface area contributed by atoms with Crippen molar-refractivity contribution in [1.29, 1.82) is 0 Å². The van der Waals surface area contributed by atoms with Crippen LogP contribution in [0.5, 0.6) is 0 Å². The summed E-state index contributed by atoms with van der Waals surface area (Å²) in [6.07, 6.45) is 1.11. The maximum atomic E-state index is 12.1. The molecule has 0 atom stereocenters. The average Bonchev–Trinajstić information content (AvgIpc) is 2.69. The third kappa shape index (κ3) is 2.92. The van der Waals surface area contributed by atoms with Crippen LogP contribution >= 0.6 is 23.2 Å². The molecule has 0 unspecified atom stereocenters. The van der Waals surface area contributed by atoms with Gasteiger partial charge in [0.05, 0.1) is 6.20 Å². The van der Waals surface area contributed by atoms with Gasteiger partial charge in [-0.3, -0.25) is 9.48 Å². The Morgan fingerprint density at radius 2 is 1.85 bits per heavy atom. The Morgan fingerprint density at radius 1 is 1.25 bits per heavy atom. The molecule has 1 heterocycles. The highest BCUT2D eigenvalue weighted by Gasteiger charge is 2.21. The molecular weight excluding hydrogens is 305 g/mol. The van der Waals surface area contributed by atoms with Gasteiger partial charge in [0, 0.05) is 22.8 Å². The number of benzene rings is 1. The van der Waals surface area contributed by atoms with Gasteiger partial charge in [-0.05, 0) is 18.2 Å². The predicted molar refractivity (Wildman–Crippen MR) is 74.6 cm³/mol. The molecule has 0 saturated heterocycles. The fourth-order valence-corrected chi connectivity index (χ4v) is 2.21. The highest BCUT2D eigenvalue weighted by molar-refractivity contribution is 6.35. The van der Waals surface area contributed by atoms with Crippen LogP contribution in [0.4, 0.5) is 5.69 Å². The molecule has 104 valence electrons. The first-order valence-electron chi connectivity index (χ1n) is 5.41. The van der Waals surface area contributed by atoms with Crippen molar-refractivity contribution in [3.63, 3.8) is 0 Å². The molecule has 0 spiro atoms. The van der Waals surface area contributed by atoms with E-state index in [1.165, 1.54) is 29.9 Å². The second kappa shape index (κ2) is 5.52. The molecular formula is C12H9Cl2N3O3. The number of carboxylic acids is 1. The summed E-state index contributed by atoms with van der Waals surface area (Å²) in [4.78, 5) is 23.1. The number of rotatable bonds is 3. The van der Waals surface area contributed by atoms with Crippen molar-refractivity contribution in [2.24, 2.45) is 7.05 Å². The fourth-order valence-electron chi connectivity index (χ4n) is 1.68. The van der Waals surface area contributed by atoms with E-state index in [1.54, 1.807) is 0 Å². The molecule has 0 aliphatic heterocycles. The lowest BCUT2D eigenvalue weighted by Crippen LogP contribution is -2.19. The maximum Gasteiger partial charge on any atom is 0.339 e. The summed E-state index contributed by atoms with van der Waals surface area (Å²) in [6.45, 7) is 0. The van der Waals surface area contributed by atoms with Crippen molar-refractivity contribution in [2.75, 3.05) is 5.32 Å². The summed E-state index contributed by atoms with van der Waals surface area (Å²) in [6, 6.07) is 4.52. The van der Waals surface area contributed by atoms with Crippen molar-refractivity contribution in [1.82, 2.24) is 9.78 Å². The molecule has 1 aromatic heterocycles. The van der Waals surface area contributed by atoms with E-state index in [1.807, 2.05) is 0 Å². The number of carboxylic acid groups (broad SMARTS) is 1. The Kier molecular flexibility index (Phi) is 3.96. The van der Waals surface area contributed by atoms with Crippen LogP contribution in [-0.2, 0) is 7.05 Å². The summed E-state index contributed by atoms with van der Waals surface area (Å²) in [7, 11) is 1.48. The Labute approximate surface area is 123 Å². The summed E-state index contributed by atoms with van der Waals surface area (Å²) in [5.41, 5.74) is 0.122. The average molecular weight is 314 g/mol. The summed E-state index contributed by atoms with van der Waals surface area (Å²) in [5.74, 6) is -1.84. The molecule has 0 fully saturated rings. The number of aromatic carboxylic acids is 1. The number of nitrogens with zero attached hydrogens (tertiary/aromatic N) is 2. The third-order valence-corrected chi connectivity index (χ3v) is 2.94. The largest absolute Gasteiger partial charge is 0.478 e. The highest BCUT2D eigenvalue weighted by atomic mass is 35.5. The lowest BCUT2D eigenvalue weighted by Gasteiger charge is -2.07. The standard InChI is InChI=1S/C12H9Cl2N3O3/c1-17-10(9(5-15-17)12(19)20)11(18)16-8-3-6(13)2-7(14)4-8/h2-5H,1H3,(H,16,18)(H,19,20). The van der Waals surface area contributed by atoms with Crippen LogP contribution in [0.1, 0.15) is 20.8 Å². The highest BCUT2D eigenvalue weighted by Crippen LogP contribution is 2.23. The normalized spacial score (nSPS) is 10.3. The van der Waals surface area contributed by atoms with Gasteiger partial charge in [-0.1, -0.05) is 23.2 Å². The second-order valence-electron chi connectivity index (χ2n) is 3.95. The van der Waals surface area contributed by atoms with Gasteiger partial charge in [0.1, 0.15) is 11.3 Å². The van der Waals surface area contributed by atoms with E-state index in [2.05, 4.69) is 10.4 Å². The molecule has 1 amide bonds. The minimum atomic E-state index is -1.23. The summed E-state index contributed by atoms with van der Waals surface area (Å²) in [5, 5.41) is 16.0. The number of carbonyl (C=O) groups excluding carboxylic acids is 1. The maximum absolute atomic E-state index is 12.1. The van der Waals surface area contributed by atoms with Crippen LogP contribution in [0.25, 0.3) is 0 Å². The Balaban J connectivity index is 2.33. The minimum Gasteiger partial charge on any atom is -0.478 e. The topological polar surface area (TPSA) is 84.2 Å². The molecule has 0 aliphatic carbocycles. The van der Waals surface area contributed by atoms with Gasteiger partial charge < -0.3 is 10.4 Å². The van der Waals surface area contributed by atoms with Crippen LogP contribution in [-0.4, -0.2) is 26.8 Å². The first kappa shape index (κ1) is 14.4. The van der Waals surface area contributed by atoms with Crippen LogP contribution in [0.15, 0.2) is 24.4 Å². The lowest BCUT2D eigenvalue weighted by molar-refractivity contribution is 0.0692. The van der Waals surface area contributed by atoms with Gasteiger partial charge in [0.25, 0.3) is 5.91 Å². The van der Waals surface area contributed by atoms with E-state index < -0.39 is 11.9 Å². The molecule has 1 aromatic carbocycles. The smallest absolute Gasteiger partial charge is 0.339 e. The van der Waals surface area contributed by atoms with E-state index in [9.17, 15) is 9.59 Å². The van der Waals surface area contributed by atoms with Crippen molar-refractivity contribution >= 4 is 40.8 Å². The summed E-state index contributed by atoms with van der Waals surface area (Å²) < 4.78 is 1.19. The van der Waals surface area contributed by atoms with E-state index in [0.29, 0.717) is 15.7 Å². The lowest BCUT2D eigenvalue weighted by atomic mass is 10.2. The van der Waals surface area contributed by atoms with Crippen LogP contribution < -0.4 is 5.32 Å². The number of carbonyl (C=O) groups is 2. The van der Waals surface area contributed by atoms with Crippen molar-refractivity contribution in [3.8, 4) is 0 Å². The first-order valence-corrected chi connectivity index (χ1v) is 6.17. The molecule has 0 bridgehead atoms. The number of anilines is 1. The number of hydrogen-bond acceptors (Lipinski definition) is 3. The van der Waals surface area contributed by atoms with Crippen LogP contribution in [0.2, 0.25) is 10.0 Å². The van der Waals surface area contributed by atoms with Crippen molar-refractivity contribution < 1.29 is 14.7 Å². The quantitative estimate of drug-likeness (QED) is 0.912. The molecule has 0 aliphatic rings. The molecule has 6 nitrogen and oxygen atoms in total. The summed E-state index contributed by atoms with van der Waals surface area (Å²) >= 11 is 11.6. The van der Waals surface area contributed by atoms with E-state index in [4.69, 9.17) is 28.3 Å². The van der Waals surface area contributed by atoms with Gasteiger partial charge in [0.2, 0.25) is 0 Å². The number of nitrogens with one attached hydrogen (secondary N) is 1. The van der Waals surface area contributed by atoms with Gasteiger partial charge in [-0.15, -0.1) is 0 Å². The molecule has 2 N–H and O–H groups in total. The predicted octanol–water partition coefficient (Wildman–Crippen LogP) is 2.68. The van der Waals surface area contributed by atoms with Gasteiger partial charge in [0.15, 0.2) is 0 Å². The van der Waals surface area contributed by atoms with Crippen molar-refractivity contribution in [3.05, 3.63) is 45.7 Å². The Bertz CT molecular complexity index is 677. The van der Waals surface area contributed by atoms with E-state index in [0.717, 1.165) is 6.20 Å². The van der Waals surface area contributed by atoms with Gasteiger partial charge in [-0.25, -0.2) is 4.79 Å². The van der Waals surface area contributed by atoms with Crippen LogP contribution in [0.3, 0.4) is 0 Å². The van der Waals surface area contributed by atoms with E-state index >= 15 is 0 Å². The number of aromatic nitrogens is 2. The first-order chi connectivity index (χ1) is 9.38. The Hall–Kier alpha value is -2.05. The number of hydrogen-bond donors (Lipinski definition) is 2. The number of amides is 1. The molecule has 8 heteroatoms.